The molecule has 5 aromatic carbocycles. The molecule has 4 nitrogen and oxygen atoms in total. The van der Waals surface area contributed by atoms with E-state index in [1.165, 1.54) is 5.56 Å². The summed E-state index contributed by atoms with van der Waals surface area (Å²) in [7, 11) is 0. The van der Waals surface area contributed by atoms with Gasteiger partial charge in [-0.15, -0.1) is 0 Å². The molecule has 0 saturated carbocycles. The Morgan fingerprint density at radius 3 is 2.15 bits per heavy atom. The number of fused-ring (bicyclic) bond motifs is 9. The minimum absolute atomic E-state index is 0.0259. The third-order valence-electron chi connectivity index (χ3n) is 8.54. The lowest BCUT2D eigenvalue weighted by atomic mass is 9.92. The third-order valence-corrected chi connectivity index (χ3v) is 8.54. The Morgan fingerprint density at radius 2 is 1.34 bits per heavy atom. The first-order valence-corrected chi connectivity index (χ1v) is 14.3. The van der Waals surface area contributed by atoms with Crippen LogP contribution in [0.15, 0.2) is 105 Å². The molecule has 0 aliphatic carbocycles. The zero-order valence-electron chi connectivity index (χ0n) is 23.5. The summed E-state index contributed by atoms with van der Waals surface area (Å²) >= 11 is 0. The minimum atomic E-state index is 0.0259. The average molecular weight is 536 g/mol. The van der Waals surface area contributed by atoms with Crippen molar-refractivity contribution in [2.45, 2.75) is 39.5 Å². The van der Waals surface area contributed by atoms with Gasteiger partial charge in [0.05, 0.1) is 27.2 Å². The van der Waals surface area contributed by atoms with Crippen molar-refractivity contribution in [3.63, 3.8) is 0 Å². The van der Waals surface area contributed by atoms with Crippen LogP contribution in [0.2, 0.25) is 0 Å². The molecule has 0 radical (unpaired) electrons. The van der Waals surface area contributed by atoms with E-state index in [1.807, 2.05) is 42.5 Å². The lowest BCUT2D eigenvalue weighted by molar-refractivity contribution is 0.656. The fourth-order valence-corrected chi connectivity index (χ4v) is 6.46. The number of furan rings is 1. The van der Waals surface area contributed by atoms with Crippen molar-refractivity contribution in [2.75, 3.05) is 0 Å². The van der Waals surface area contributed by atoms with Crippen molar-refractivity contribution in [1.82, 2.24) is 4.57 Å². The predicted octanol–water partition coefficient (Wildman–Crippen LogP) is 10.2. The minimum Gasteiger partial charge on any atom is -0.456 e. The highest BCUT2D eigenvalue weighted by atomic mass is 16.3. The second-order valence-electron chi connectivity index (χ2n) is 11.7. The zero-order valence-corrected chi connectivity index (χ0v) is 23.5. The summed E-state index contributed by atoms with van der Waals surface area (Å²) in [5.74, 6) is 0.542. The van der Waals surface area contributed by atoms with Crippen LogP contribution in [0.3, 0.4) is 0 Å². The number of aromatic nitrogens is 1. The number of benzene rings is 5. The van der Waals surface area contributed by atoms with E-state index < -0.39 is 0 Å². The van der Waals surface area contributed by atoms with Crippen LogP contribution in [0, 0.1) is 0 Å². The summed E-state index contributed by atoms with van der Waals surface area (Å²) in [4.78, 5) is 13.9. The Labute approximate surface area is 236 Å². The molecule has 200 valence electrons. The van der Waals surface area contributed by atoms with Gasteiger partial charge in [-0.25, -0.2) is 0 Å². The Hall–Kier alpha value is -4.83. The highest BCUT2D eigenvalue weighted by Crippen LogP contribution is 2.41. The van der Waals surface area contributed by atoms with Crippen LogP contribution in [0.1, 0.15) is 50.7 Å². The smallest absolute Gasteiger partial charge is 0.200 e. The van der Waals surface area contributed by atoms with E-state index in [2.05, 4.69) is 80.8 Å². The van der Waals surface area contributed by atoms with Crippen molar-refractivity contribution >= 4 is 65.7 Å². The molecule has 0 spiro atoms. The maximum absolute atomic E-state index is 13.9. The molecule has 0 bridgehead atoms. The van der Waals surface area contributed by atoms with Crippen LogP contribution in [-0.2, 0) is 0 Å². The highest BCUT2D eigenvalue weighted by Gasteiger charge is 2.20. The van der Waals surface area contributed by atoms with Crippen molar-refractivity contribution in [3.05, 3.63) is 112 Å². The van der Waals surface area contributed by atoms with Crippen LogP contribution in [0.4, 0.5) is 0 Å². The standard InChI is InChI=1S/C37H29NO3/c1-20(2)22-17-28(21(3)4)35-33(18-22)40-32-19-23(13-14-27(32)36(35)39)38-29-11-7-5-10-26(29)34-30(38)16-15-25-24-9-6-8-12-31(24)41-37(25)34/h5-21H,1-4H3. The Balaban J connectivity index is 1.45. The molecule has 3 heterocycles. The third kappa shape index (κ3) is 3.37. The first kappa shape index (κ1) is 24.0. The number of para-hydroxylation sites is 2. The molecule has 0 aliphatic heterocycles. The summed E-state index contributed by atoms with van der Waals surface area (Å²) < 4.78 is 15.2. The summed E-state index contributed by atoms with van der Waals surface area (Å²) in [5.41, 5.74) is 8.31. The van der Waals surface area contributed by atoms with Crippen LogP contribution >= 0.6 is 0 Å². The van der Waals surface area contributed by atoms with Gasteiger partial charge in [-0.05, 0) is 65.4 Å². The molecule has 8 aromatic rings. The molecule has 0 aliphatic rings. The van der Waals surface area contributed by atoms with Gasteiger partial charge in [-0.1, -0.05) is 70.2 Å². The van der Waals surface area contributed by atoms with Gasteiger partial charge in [0.2, 0.25) is 5.43 Å². The Morgan fingerprint density at radius 1 is 0.585 bits per heavy atom. The highest BCUT2D eigenvalue weighted by molar-refractivity contribution is 6.23. The monoisotopic (exact) mass is 535 g/mol. The number of nitrogens with zero attached hydrogens (tertiary/aromatic N) is 1. The van der Waals surface area contributed by atoms with E-state index in [4.69, 9.17) is 8.83 Å². The normalized spacial score (nSPS) is 12.4. The van der Waals surface area contributed by atoms with Crippen LogP contribution in [0.5, 0.6) is 0 Å². The van der Waals surface area contributed by atoms with Gasteiger partial charge in [0.15, 0.2) is 0 Å². The molecular weight excluding hydrogens is 506 g/mol. The maximum Gasteiger partial charge on any atom is 0.200 e. The van der Waals surface area contributed by atoms with E-state index in [0.29, 0.717) is 27.9 Å². The second-order valence-corrected chi connectivity index (χ2v) is 11.7. The molecule has 0 fully saturated rings. The molecule has 0 amide bonds. The van der Waals surface area contributed by atoms with Crippen molar-refractivity contribution < 1.29 is 8.83 Å². The molecule has 3 aromatic heterocycles. The largest absolute Gasteiger partial charge is 0.456 e. The maximum atomic E-state index is 13.9. The van der Waals surface area contributed by atoms with E-state index >= 15 is 0 Å². The first-order chi connectivity index (χ1) is 19.9. The topological polar surface area (TPSA) is 48.3 Å². The summed E-state index contributed by atoms with van der Waals surface area (Å²) in [5, 5.41) is 5.71. The molecule has 8 rings (SSSR count). The quantitative estimate of drug-likeness (QED) is 0.211. The molecule has 0 atom stereocenters. The van der Waals surface area contributed by atoms with Gasteiger partial charge in [0.1, 0.15) is 22.3 Å². The zero-order chi connectivity index (χ0) is 28.0. The van der Waals surface area contributed by atoms with Crippen molar-refractivity contribution in [2.24, 2.45) is 0 Å². The van der Waals surface area contributed by atoms with Gasteiger partial charge in [0.25, 0.3) is 0 Å². The first-order valence-electron chi connectivity index (χ1n) is 14.3. The van der Waals surface area contributed by atoms with Crippen LogP contribution in [0.25, 0.3) is 71.4 Å². The van der Waals surface area contributed by atoms with Crippen LogP contribution in [-0.4, -0.2) is 4.57 Å². The van der Waals surface area contributed by atoms with Crippen LogP contribution < -0.4 is 5.43 Å². The van der Waals surface area contributed by atoms with E-state index in [9.17, 15) is 4.79 Å². The van der Waals surface area contributed by atoms with E-state index in [-0.39, 0.29) is 11.3 Å². The lowest BCUT2D eigenvalue weighted by Gasteiger charge is -2.15. The molecule has 0 unspecified atom stereocenters. The van der Waals surface area contributed by atoms with E-state index in [0.717, 1.165) is 55.0 Å². The number of hydrogen-bond acceptors (Lipinski definition) is 3. The van der Waals surface area contributed by atoms with E-state index in [1.54, 1.807) is 0 Å². The predicted molar refractivity (Wildman–Crippen MR) is 170 cm³/mol. The summed E-state index contributed by atoms with van der Waals surface area (Å²) in [6.07, 6.45) is 0. The van der Waals surface area contributed by atoms with Gasteiger partial charge in [0, 0.05) is 27.9 Å². The van der Waals surface area contributed by atoms with Gasteiger partial charge in [-0.2, -0.15) is 0 Å². The average Bonchev–Trinajstić information content (AvgIpc) is 3.52. The second kappa shape index (κ2) is 8.58. The number of hydrogen-bond donors (Lipinski definition) is 0. The molecule has 0 N–H and O–H groups in total. The van der Waals surface area contributed by atoms with Gasteiger partial charge >= 0.3 is 0 Å². The fraction of sp³-hybridized carbons (Fsp3) is 0.162. The van der Waals surface area contributed by atoms with Crippen molar-refractivity contribution in [3.8, 4) is 5.69 Å². The molecule has 0 saturated heterocycles. The fourth-order valence-electron chi connectivity index (χ4n) is 6.46. The SMILES string of the molecule is CC(C)c1cc(C(C)C)c2c(=O)c3ccc(-n4c5ccccc5c5c6oc7ccccc7c6ccc54)cc3oc2c1. The summed E-state index contributed by atoms with van der Waals surface area (Å²) in [6, 6.07) is 31.1. The Kier molecular flexibility index (Phi) is 5.03. The van der Waals surface area contributed by atoms with Gasteiger partial charge < -0.3 is 13.4 Å². The van der Waals surface area contributed by atoms with Gasteiger partial charge in [-0.3, -0.25) is 4.79 Å². The van der Waals surface area contributed by atoms with Crippen molar-refractivity contribution in [1.29, 1.82) is 0 Å². The Bertz CT molecular complexity index is 2400. The summed E-state index contributed by atoms with van der Waals surface area (Å²) in [6.45, 7) is 8.60. The molecule has 4 heteroatoms. The lowest BCUT2D eigenvalue weighted by Crippen LogP contribution is -2.08. The molecule has 41 heavy (non-hydrogen) atoms. The number of rotatable bonds is 3. The molecular formula is C37H29NO3.